The van der Waals surface area contributed by atoms with Gasteiger partial charge in [-0.05, 0) is 29.3 Å². The van der Waals surface area contributed by atoms with E-state index in [1.165, 1.54) is 0 Å². The molecule has 2 aromatic rings. The molecule has 0 aliphatic heterocycles. The topological polar surface area (TPSA) is 33.0 Å². The third-order valence-corrected chi connectivity index (χ3v) is 2.61. The van der Waals surface area contributed by atoms with E-state index < -0.39 is 0 Å². The Bertz CT molecular complexity index is 594. The van der Waals surface area contributed by atoms with Crippen LogP contribution in [-0.4, -0.2) is 7.11 Å². The summed E-state index contributed by atoms with van der Waals surface area (Å²) in [5.41, 5.74) is 2.50. The summed E-state index contributed by atoms with van der Waals surface area (Å²) in [7, 11) is 1.62. The minimum absolute atomic E-state index is 0.625. The summed E-state index contributed by atoms with van der Waals surface area (Å²) in [4.78, 5) is 0. The van der Waals surface area contributed by atoms with Crippen molar-refractivity contribution in [3.63, 3.8) is 0 Å². The molecule has 0 unspecified atom stereocenters. The SMILES string of the molecule is COc1cccc(/C(C#N)=C\c2ccccc2)c1. The Balaban J connectivity index is 2.40. The number of hydrogen-bond donors (Lipinski definition) is 0. The number of ether oxygens (including phenoxy) is 1. The molecule has 0 spiro atoms. The Hall–Kier alpha value is -2.53. The van der Waals surface area contributed by atoms with Gasteiger partial charge in [0, 0.05) is 0 Å². The Morgan fingerprint density at radius 1 is 1.11 bits per heavy atom. The van der Waals surface area contributed by atoms with Gasteiger partial charge < -0.3 is 4.74 Å². The van der Waals surface area contributed by atoms with Crippen LogP contribution in [0.5, 0.6) is 5.75 Å². The van der Waals surface area contributed by atoms with Gasteiger partial charge in [0.2, 0.25) is 0 Å². The van der Waals surface area contributed by atoms with E-state index in [2.05, 4.69) is 6.07 Å². The van der Waals surface area contributed by atoms with Gasteiger partial charge in [-0.25, -0.2) is 0 Å². The molecule has 0 N–H and O–H groups in total. The zero-order valence-electron chi connectivity index (χ0n) is 10.1. The summed E-state index contributed by atoms with van der Waals surface area (Å²) in [6.07, 6.45) is 1.87. The quantitative estimate of drug-likeness (QED) is 0.599. The highest BCUT2D eigenvalue weighted by molar-refractivity contribution is 5.89. The molecule has 0 heterocycles. The monoisotopic (exact) mass is 235 g/mol. The molecule has 0 amide bonds. The fourth-order valence-electron chi connectivity index (χ4n) is 1.69. The van der Waals surface area contributed by atoms with Crippen molar-refractivity contribution in [3.8, 4) is 11.8 Å². The molecule has 2 heteroatoms. The molecule has 0 aliphatic carbocycles. The van der Waals surface area contributed by atoms with Crippen LogP contribution in [0.4, 0.5) is 0 Å². The van der Waals surface area contributed by atoms with Crippen LogP contribution < -0.4 is 4.74 Å². The van der Waals surface area contributed by atoms with Crippen molar-refractivity contribution in [2.75, 3.05) is 7.11 Å². The van der Waals surface area contributed by atoms with Gasteiger partial charge in [0.15, 0.2) is 0 Å². The fourth-order valence-corrected chi connectivity index (χ4v) is 1.69. The van der Waals surface area contributed by atoms with Crippen LogP contribution in [0, 0.1) is 11.3 Å². The molecule has 2 nitrogen and oxygen atoms in total. The van der Waals surface area contributed by atoms with Gasteiger partial charge in [-0.1, -0.05) is 42.5 Å². The standard InChI is InChI=1S/C16H13NO/c1-18-16-9-5-8-14(11-16)15(12-17)10-13-6-3-2-4-7-13/h2-11H,1H3/b15-10-. The van der Waals surface area contributed by atoms with E-state index >= 15 is 0 Å². The highest BCUT2D eigenvalue weighted by Gasteiger charge is 2.02. The molecule has 0 aromatic heterocycles. The molecule has 0 bridgehead atoms. The summed E-state index contributed by atoms with van der Waals surface area (Å²) in [6.45, 7) is 0. The minimum atomic E-state index is 0.625. The zero-order valence-corrected chi connectivity index (χ0v) is 10.1. The molecule has 0 saturated carbocycles. The number of hydrogen-bond acceptors (Lipinski definition) is 2. The van der Waals surface area contributed by atoms with Crippen molar-refractivity contribution in [3.05, 3.63) is 65.7 Å². The van der Waals surface area contributed by atoms with E-state index in [4.69, 9.17) is 4.74 Å². The zero-order chi connectivity index (χ0) is 12.8. The van der Waals surface area contributed by atoms with E-state index in [-0.39, 0.29) is 0 Å². The predicted octanol–water partition coefficient (Wildman–Crippen LogP) is 3.76. The first-order valence-electron chi connectivity index (χ1n) is 5.65. The molecular formula is C16H13NO. The molecule has 2 rings (SSSR count). The van der Waals surface area contributed by atoms with Crippen LogP contribution in [-0.2, 0) is 0 Å². The number of nitrogens with zero attached hydrogens (tertiary/aromatic N) is 1. The van der Waals surface area contributed by atoms with Crippen LogP contribution in [0.25, 0.3) is 11.6 Å². The largest absolute Gasteiger partial charge is 0.497 e. The van der Waals surface area contributed by atoms with Crippen LogP contribution in [0.1, 0.15) is 11.1 Å². The second-order valence-electron chi connectivity index (χ2n) is 3.81. The lowest BCUT2D eigenvalue weighted by molar-refractivity contribution is 0.414. The Morgan fingerprint density at radius 3 is 2.56 bits per heavy atom. The van der Waals surface area contributed by atoms with E-state index in [1.54, 1.807) is 7.11 Å². The second kappa shape index (κ2) is 5.70. The molecule has 0 radical (unpaired) electrons. The number of allylic oxidation sites excluding steroid dienone is 1. The van der Waals surface area contributed by atoms with Gasteiger partial charge in [0.25, 0.3) is 0 Å². The van der Waals surface area contributed by atoms with Crippen LogP contribution in [0.15, 0.2) is 54.6 Å². The van der Waals surface area contributed by atoms with Crippen LogP contribution in [0.3, 0.4) is 0 Å². The number of rotatable bonds is 3. The van der Waals surface area contributed by atoms with Gasteiger partial charge in [0.1, 0.15) is 5.75 Å². The Labute approximate surface area is 107 Å². The van der Waals surface area contributed by atoms with Crippen LogP contribution >= 0.6 is 0 Å². The van der Waals surface area contributed by atoms with E-state index in [0.717, 1.165) is 16.9 Å². The van der Waals surface area contributed by atoms with Crippen molar-refractivity contribution in [1.82, 2.24) is 0 Å². The summed E-state index contributed by atoms with van der Waals surface area (Å²) in [5, 5.41) is 9.25. The first-order valence-corrected chi connectivity index (χ1v) is 5.65. The Morgan fingerprint density at radius 2 is 1.89 bits per heavy atom. The van der Waals surface area contributed by atoms with Gasteiger partial charge in [-0.3, -0.25) is 0 Å². The maximum Gasteiger partial charge on any atom is 0.119 e. The summed E-state index contributed by atoms with van der Waals surface area (Å²) < 4.78 is 5.16. The van der Waals surface area contributed by atoms with Crippen LogP contribution in [0.2, 0.25) is 0 Å². The molecule has 2 aromatic carbocycles. The fraction of sp³-hybridized carbons (Fsp3) is 0.0625. The highest BCUT2D eigenvalue weighted by Crippen LogP contribution is 2.21. The first kappa shape index (κ1) is 11.9. The molecule has 88 valence electrons. The number of methoxy groups -OCH3 is 1. The van der Waals surface area contributed by atoms with Crippen molar-refractivity contribution >= 4 is 11.6 Å². The lowest BCUT2D eigenvalue weighted by Gasteiger charge is -2.03. The molecule has 0 fully saturated rings. The third-order valence-electron chi connectivity index (χ3n) is 2.61. The summed E-state index contributed by atoms with van der Waals surface area (Å²) >= 11 is 0. The number of nitriles is 1. The summed E-state index contributed by atoms with van der Waals surface area (Å²) in [6, 6.07) is 19.5. The Kier molecular flexibility index (Phi) is 3.78. The number of benzene rings is 2. The maximum atomic E-state index is 9.25. The molecule has 0 aliphatic rings. The molecule has 0 saturated heterocycles. The van der Waals surface area contributed by atoms with Gasteiger partial charge in [0.05, 0.1) is 18.8 Å². The lowest BCUT2D eigenvalue weighted by Crippen LogP contribution is -1.86. The normalized spacial score (nSPS) is 10.8. The van der Waals surface area contributed by atoms with E-state index in [9.17, 15) is 5.26 Å². The van der Waals surface area contributed by atoms with E-state index in [0.29, 0.717) is 5.57 Å². The first-order chi connectivity index (χ1) is 8.83. The average molecular weight is 235 g/mol. The maximum absolute atomic E-state index is 9.25. The van der Waals surface area contributed by atoms with Gasteiger partial charge >= 0.3 is 0 Å². The minimum Gasteiger partial charge on any atom is -0.497 e. The molecular weight excluding hydrogens is 222 g/mol. The van der Waals surface area contributed by atoms with E-state index in [1.807, 2.05) is 60.7 Å². The lowest BCUT2D eigenvalue weighted by atomic mass is 10.0. The molecule has 0 atom stereocenters. The van der Waals surface area contributed by atoms with Crippen molar-refractivity contribution in [2.24, 2.45) is 0 Å². The smallest absolute Gasteiger partial charge is 0.119 e. The van der Waals surface area contributed by atoms with Crippen molar-refractivity contribution in [2.45, 2.75) is 0 Å². The summed E-state index contributed by atoms with van der Waals surface area (Å²) in [5.74, 6) is 0.752. The highest BCUT2D eigenvalue weighted by atomic mass is 16.5. The average Bonchev–Trinajstić information content (AvgIpc) is 2.46. The van der Waals surface area contributed by atoms with Crippen molar-refractivity contribution < 1.29 is 4.74 Å². The van der Waals surface area contributed by atoms with Gasteiger partial charge in [-0.2, -0.15) is 5.26 Å². The van der Waals surface area contributed by atoms with Crippen molar-refractivity contribution in [1.29, 1.82) is 5.26 Å². The molecule has 18 heavy (non-hydrogen) atoms. The van der Waals surface area contributed by atoms with Gasteiger partial charge in [-0.15, -0.1) is 0 Å². The third kappa shape index (κ3) is 2.78. The second-order valence-corrected chi connectivity index (χ2v) is 3.81. The predicted molar refractivity (Wildman–Crippen MR) is 72.9 cm³/mol.